The molecule has 1 atom stereocenters. The number of amides is 1. The number of aromatic nitrogens is 2. The summed E-state index contributed by atoms with van der Waals surface area (Å²) in [5.41, 5.74) is 1.34. The van der Waals surface area contributed by atoms with Crippen LogP contribution in [0.15, 0.2) is 6.20 Å². The highest BCUT2D eigenvalue weighted by Crippen LogP contribution is 2.18. The normalized spacial score (nSPS) is 19.1. The lowest BCUT2D eigenvalue weighted by Crippen LogP contribution is -2.33. The molecular formula is C17H28N4O. The predicted octanol–water partition coefficient (Wildman–Crippen LogP) is 2.37. The third-order valence-electron chi connectivity index (χ3n) is 4.36. The highest BCUT2D eigenvalue weighted by molar-refractivity contribution is 5.94. The molecule has 1 amide bonds. The lowest BCUT2D eigenvalue weighted by atomic mass is 10.1. The Morgan fingerprint density at radius 2 is 2.14 bits per heavy atom. The molecule has 0 saturated carbocycles. The Labute approximate surface area is 133 Å². The maximum absolute atomic E-state index is 12.3. The van der Waals surface area contributed by atoms with Crippen molar-refractivity contribution in [2.75, 3.05) is 19.6 Å². The second-order valence-corrected chi connectivity index (χ2v) is 6.84. The lowest BCUT2D eigenvalue weighted by molar-refractivity contribution is 0.0945. The van der Waals surface area contributed by atoms with Crippen LogP contribution in [0.2, 0.25) is 0 Å². The molecule has 1 aromatic rings. The summed E-state index contributed by atoms with van der Waals surface area (Å²) in [5.74, 6) is 1.55. The van der Waals surface area contributed by atoms with Crippen LogP contribution < -0.4 is 5.32 Å². The molecule has 1 aliphatic rings. The number of hydrogen-bond donors (Lipinski definition) is 1. The van der Waals surface area contributed by atoms with Crippen molar-refractivity contribution in [3.05, 3.63) is 23.3 Å². The zero-order valence-corrected chi connectivity index (χ0v) is 14.4. The van der Waals surface area contributed by atoms with E-state index in [9.17, 15) is 4.79 Å². The monoisotopic (exact) mass is 304 g/mol. The van der Waals surface area contributed by atoms with Gasteiger partial charge in [-0.1, -0.05) is 13.8 Å². The first-order chi connectivity index (χ1) is 10.4. The van der Waals surface area contributed by atoms with Gasteiger partial charge in [0.25, 0.3) is 5.91 Å². The summed E-state index contributed by atoms with van der Waals surface area (Å²) < 4.78 is 0. The largest absolute Gasteiger partial charge is 0.352 e. The van der Waals surface area contributed by atoms with E-state index in [1.165, 1.54) is 0 Å². The van der Waals surface area contributed by atoms with Gasteiger partial charge in [-0.3, -0.25) is 4.79 Å². The highest BCUT2D eigenvalue weighted by Gasteiger charge is 2.24. The molecule has 1 saturated heterocycles. The van der Waals surface area contributed by atoms with Gasteiger partial charge in [0.2, 0.25) is 0 Å². The highest BCUT2D eigenvalue weighted by atomic mass is 16.1. The Morgan fingerprint density at radius 3 is 2.68 bits per heavy atom. The van der Waals surface area contributed by atoms with Crippen molar-refractivity contribution in [2.45, 2.75) is 53.0 Å². The van der Waals surface area contributed by atoms with Gasteiger partial charge in [-0.05, 0) is 39.7 Å². The minimum atomic E-state index is -0.0594. The first-order valence-electron chi connectivity index (χ1n) is 8.24. The molecule has 0 aliphatic carbocycles. The molecule has 0 bridgehead atoms. The summed E-state index contributed by atoms with van der Waals surface area (Å²) in [4.78, 5) is 23.5. The van der Waals surface area contributed by atoms with Crippen molar-refractivity contribution in [1.29, 1.82) is 0 Å². The number of likely N-dealkylation sites (tertiary alicyclic amines) is 1. The minimum absolute atomic E-state index is 0.0594. The van der Waals surface area contributed by atoms with Gasteiger partial charge in [0.05, 0.1) is 11.3 Å². The van der Waals surface area contributed by atoms with Gasteiger partial charge in [0, 0.05) is 31.2 Å². The summed E-state index contributed by atoms with van der Waals surface area (Å²) in [6, 6.07) is 0.583. The molecule has 22 heavy (non-hydrogen) atoms. The van der Waals surface area contributed by atoms with Crippen LogP contribution in [0.3, 0.4) is 0 Å². The molecule has 0 radical (unpaired) electrons. The van der Waals surface area contributed by atoms with Gasteiger partial charge in [-0.15, -0.1) is 0 Å². The second-order valence-electron chi connectivity index (χ2n) is 6.84. The molecular weight excluding hydrogens is 276 g/mol. The van der Waals surface area contributed by atoms with E-state index in [0.29, 0.717) is 17.5 Å². The van der Waals surface area contributed by atoms with Crippen LogP contribution in [0.4, 0.5) is 0 Å². The molecule has 0 spiro atoms. The van der Waals surface area contributed by atoms with Gasteiger partial charge in [-0.2, -0.15) is 0 Å². The van der Waals surface area contributed by atoms with Crippen LogP contribution in [0, 0.1) is 12.8 Å². The third kappa shape index (κ3) is 4.03. The number of aryl methyl sites for hydroxylation is 1. The van der Waals surface area contributed by atoms with Crippen LogP contribution in [0.1, 0.15) is 61.9 Å². The van der Waals surface area contributed by atoms with Gasteiger partial charge < -0.3 is 10.2 Å². The van der Waals surface area contributed by atoms with Crippen LogP contribution in [0.25, 0.3) is 0 Å². The molecule has 0 unspecified atom stereocenters. The fraction of sp³-hybridized carbons (Fsp3) is 0.706. The van der Waals surface area contributed by atoms with E-state index < -0.39 is 0 Å². The van der Waals surface area contributed by atoms with Crippen molar-refractivity contribution in [3.8, 4) is 0 Å². The maximum Gasteiger partial charge on any atom is 0.254 e. The average molecular weight is 304 g/mol. The lowest BCUT2D eigenvalue weighted by Gasteiger charge is -2.20. The van der Waals surface area contributed by atoms with Gasteiger partial charge in [0.15, 0.2) is 0 Å². The van der Waals surface area contributed by atoms with Crippen LogP contribution in [0.5, 0.6) is 0 Å². The Morgan fingerprint density at radius 1 is 1.41 bits per heavy atom. The molecule has 1 aromatic heterocycles. The Bertz CT molecular complexity index is 527. The quantitative estimate of drug-likeness (QED) is 0.907. The first-order valence-corrected chi connectivity index (χ1v) is 8.24. The molecule has 1 fully saturated rings. The van der Waals surface area contributed by atoms with E-state index in [0.717, 1.165) is 37.6 Å². The van der Waals surface area contributed by atoms with Crippen molar-refractivity contribution < 1.29 is 4.79 Å². The Kier molecular flexibility index (Phi) is 5.51. The van der Waals surface area contributed by atoms with E-state index in [4.69, 9.17) is 0 Å². The maximum atomic E-state index is 12.3. The van der Waals surface area contributed by atoms with Crippen molar-refractivity contribution in [1.82, 2.24) is 20.2 Å². The fourth-order valence-electron chi connectivity index (χ4n) is 2.82. The van der Waals surface area contributed by atoms with E-state index in [-0.39, 0.29) is 11.8 Å². The number of rotatable bonds is 5. The predicted molar refractivity (Wildman–Crippen MR) is 88.0 cm³/mol. The van der Waals surface area contributed by atoms with Crippen molar-refractivity contribution >= 4 is 5.91 Å². The summed E-state index contributed by atoms with van der Waals surface area (Å²) in [6.07, 6.45) is 2.81. The zero-order chi connectivity index (χ0) is 16.3. The number of nitrogens with zero attached hydrogens (tertiary/aromatic N) is 3. The van der Waals surface area contributed by atoms with Crippen LogP contribution in [-0.4, -0.2) is 46.5 Å². The van der Waals surface area contributed by atoms with Crippen molar-refractivity contribution in [3.63, 3.8) is 0 Å². The van der Waals surface area contributed by atoms with Gasteiger partial charge >= 0.3 is 0 Å². The smallest absolute Gasteiger partial charge is 0.254 e. The van der Waals surface area contributed by atoms with Crippen LogP contribution >= 0.6 is 0 Å². The van der Waals surface area contributed by atoms with Crippen LogP contribution in [-0.2, 0) is 0 Å². The summed E-state index contributed by atoms with van der Waals surface area (Å²) >= 11 is 0. The van der Waals surface area contributed by atoms with E-state index in [1.807, 2.05) is 6.92 Å². The van der Waals surface area contributed by atoms with E-state index in [1.54, 1.807) is 6.20 Å². The standard InChI is InChI=1S/C17H28N4O/c1-11(2)16-18-9-15(13(5)20-16)17(22)19-8-14-6-7-21(10-14)12(3)4/h9,11-12,14H,6-8,10H2,1-5H3,(H,19,22)/t14-/m1/s1. The fourth-order valence-corrected chi connectivity index (χ4v) is 2.82. The molecule has 0 aromatic carbocycles. The summed E-state index contributed by atoms with van der Waals surface area (Å²) in [6.45, 7) is 13.3. The molecule has 1 N–H and O–H groups in total. The van der Waals surface area contributed by atoms with Crippen molar-refractivity contribution in [2.24, 2.45) is 5.92 Å². The molecule has 5 nitrogen and oxygen atoms in total. The number of carbonyl (C=O) groups is 1. The number of nitrogens with one attached hydrogen (secondary N) is 1. The summed E-state index contributed by atoms with van der Waals surface area (Å²) in [5, 5.41) is 3.04. The average Bonchev–Trinajstić information content (AvgIpc) is 2.93. The first kappa shape index (κ1) is 16.9. The van der Waals surface area contributed by atoms with E-state index >= 15 is 0 Å². The number of hydrogen-bond acceptors (Lipinski definition) is 4. The van der Waals surface area contributed by atoms with Gasteiger partial charge in [0.1, 0.15) is 5.82 Å². The number of carbonyl (C=O) groups excluding carboxylic acids is 1. The van der Waals surface area contributed by atoms with E-state index in [2.05, 4.69) is 47.9 Å². The SMILES string of the molecule is Cc1nc(C(C)C)ncc1C(=O)NC[C@H]1CCN(C(C)C)C1. The molecule has 2 heterocycles. The van der Waals surface area contributed by atoms with Gasteiger partial charge in [-0.25, -0.2) is 9.97 Å². The molecule has 1 aliphatic heterocycles. The molecule has 122 valence electrons. The summed E-state index contributed by atoms with van der Waals surface area (Å²) in [7, 11) is 0. The second kappa shape index (κ2) is 7.18. The Hall–Kier alpha value is -1.49. The Balaban J connectivity index is 1.90. The third-order valence-corrected chi connectivity index (χ3v) is 4.36. The zero-order valence-electron chi connectivity index (χ0n) is 14.4. The molecule has 5 heteroatoms. The topological polar surface area (TPSA) is 58.1 Å². The molecule has 2 rings (SSSR count). The minimum Gasteiger partial charge on any atom is -0.352 e.